The average Bonchev–Trinajstić information content (AvgIpc) is 2.06. The number of phenolic OH excluding ortho intramolecular Hbond substituents is 1. The van der Waals surface area contributed by atoms with Gasteiger partial charge in [-0.15, -0.1) is 0 Å². The van der Waals surface area contributed by atoms with Crippen LogP contribution < -0.4 is 5.32 Å². The molecule has 0 aromatic heterocycles. The van der Waals surface area contributed by atoms with Crippen LogP contribution in [-0.2, 0) is 10.2 Å². The number of benzene rings is 1. The zero-order chi connectivity index (χ0) is 12.5. The number of phenols is 1. The maximum atomic E-state index is 11.0. The molecule has 88 valence electrons. The highest BCUT2D eigenvalue weighted by atomic mass is 16.3. The molecule has 1 rings (SSSR count). The van der Waals surface area contributed by atoms with Crippen molar-refractivity contribution < 1.29 is 9.90 Å². The number of anilines is 1. The summed E-state index contributed by atoms with van der Waals surface area (Å²) in [5.74, 6) is 0.174. The van der Waals surface area contributed by atoms with Crippen molar-refractivity contribution in [3.8, 4) is 5.75 Å². The summed E-state index contributed by atoms with van der Waals surface area (Å²) in [6.45, 7) is 9.40. The van der Waals surface area contributed by atoms with Crippen molar-refractivity contribution in [3.63, 3.8) is 0 Å². The van der Waals surface area contributed by atoms with E-state index < -0.39 is 0 Å². The van der Waals surface area contributed by atoms with Gasteiger partial charge in [0.2, 0.25) is 5.91 Å². The minimum atomic E-state index is -0.148. The molecule has 1 amide bonds. The van der Waals surface area contributed by atoms with Crippen LogP contribution in [0.15, 0.2) is 12.1 Å². The Balaban J connectivity index is 3.27. The van der Waals surface area contributed by atoms with Crippen molar-refractivity contribution in [2.24, 2.45) is 0 Å². The third-order valence-electron chi connectivity index (χ3n) is 2.46. The summed E-state index contributed by atoms with van der Waals surface area (Å²) in [4.78, 5) is 11.0. The molecule has 3 heteroatoms. The first-order valence-electron chi connectivity index (χ1n) is 5.33. The summed E-state index contributed by atoms with van der Waals surface area (Å²) >= 11 is 0. The van der Waals surface area contributed by atoms with Gasteiger partial charge in [-0.05, 0) is 30.0 Å². The van der Waals surface area contributed by atoms with Gasteiger partial charge in [0, 0.05) is 18.2 Å². The van der Waals surface area contributed by atoms with E-state index in [-0.39, 0.29) is 17.1 Å². The zero-order valence-electron chi connectivity index (χ0n) is 10.5. The molecule has 0 fully saturated rings. The lowest BCUT2D eigenvalue weighted by Gasteiger charge is -2.22. The molecule has 0 saturated carbocycles. The van der Waals surface area contributed by atoms with Crippen LogP contribution in [-0.4, -0.2) is 11.0 Å². The SMILES string of the molecule is CC(=O)Nc1cc(C(C)(C)C)c(O)cc1C. The van der Waals surface area contributed by atoms with E-state index in [9.17, 15) is 9.90 Å². The fraction of sp³-hybridized carbons (Fsp3) is 0.462. The number of carbonyl (C=O) groups excluding carboxylic acids is 1. The van der Waals surface area contributed by atoms with E-state index in [0.29, 0.717) is 0 Å². The third kappa shape index (κ3) is 2.75. The van der Waals surface area contributed by atoms with Crippen LogP contribution in [0, 0.1) is 6.92 Å². The number of carbonyl (C=O) groups is 1. The smallest absolute Gasteiger partial charge is 0.221 e. The predicted octanol–water partition coefficient (Wildman–Crippen LogP) is 2.96. The average molecular weight is 221 g/mol. The molecule has 1 aromatic rings. The molecule has 0 unspecified atom stereocenters. The van der Waals surface area contributed by atoms with Crippen LogP contribution in [0.4, 0.5) is 5.69 Å². The molecule has 0 aliphatic heterocycles. The Morgan fingerprint density at radius 1 is 1.31 bits per heavy atom. The van der Waals surface area contributed by atoms with Crippen LogP contribution >= 0.6 is 0 Å². The van der Waals surface area contributed by atoms with E-state index >= 15 is 0 Å². The van der Waals surface area contributed by atoms with Crippen molar-refractivity contribution in [2.75, 3.05) is 5.32 Å². The summed E-state index contributed by atoms with van der Waals surface area (Å²) in [5.41, 5.74) is 2.31. The lowest BCUT2D eigenvalue weighted by atomic mass is 9.85. The minimum absolute atomic E-state index is 0.103. The first-order chi connectivity index (χ1) is 7.21. The molecule has 3 nitrogen and oxygen atoms in total. The number of nitrogens with one attached hydrogen (secondary N) is 1. The van der Waals surface area contributed by atoms with E-state index in [4.69, 9.17) is 0 Å². The molecule has 0 bridgehead atoms. The fourth-order valence-corrected chi connectivity index (χ4v) is 1.62. The van der Waals surface area contributed by atoms with E-state index in [2.05, 4.69) is 5.32 Å². The van der Waals surface area contributed by atoms with Gasteiger partial charge in [0.05, 0.1) is 0 Å². The monoisotopic (exact) mass is 221 g/mol. The second kappa shape index (κ2) is 4.16. The third-order valence-corrected chi connectivity index (χ3v) is 2.46. The Morgan fingerprint density at radius 3 is 2.31 bits per heavy atom. The van der Waals surface area contributed by atoms with Crippen LogP contribution in [0.2, 0.25) is 0 Å². The Kier molecular flexibility index (Phi) is 3.27. The molecule has 2 N–H and O–H groups in total. The van der Waals surface area contributed by atoms with Crippen LogP contribution in [0.25, 0.3) is 0 Å². The van der Waals surface area contributed by atoms with Gasteiger partial charge in [0.25, 0.3) is 0 Å². The summed E-state index contributed by atoms with van der Waals surface area (Å²) in [7, 11) is 0. The Labute approximate surface area is 96.5 Å². The summed E-state index contributed by atoms with van der Waals surface area (Å²) in [6, 6.07) is 3.53. The molecule has 0 saturated heterocycles. The highest BCUT2D eigenvalue weighted by Gasteiger charge is 2.19. The predicted molar refractivity (Wildman–Crippen MR) is 65.8 cm³/mol. The van der Waals surface area contributed by atoms with Gasteiger partial charge in [0.1, 0.15) is 5.75 Å². The minimum Gasteiger partial charge on any atom is -0.508 e. The molecule has 0 spiro atoms. The van der Waals surface area contributed by atoms with Gasteiger partial charge in [-0.3, -0.25) is 4.79 Å². The van der Waals surface area contributed by atoms with E-state index in [0.717, 1.165) is 16.8 Å². The number of rotatable bonds is 1. The van der Waals surface area contributed by atoms with E-state index in [1.54, 1.807) is 6.07 Å². The second-order valence-electron chi connectivity index (χ2n) is 5.12. The molecule has 0 aliphatic rings. The fourth-order valence-electron chi connectivity index (χ4n) is 1.62. The quantitative estimate of drug-likeness (QED) is 0.716. The van der Waals surface area contributed by atoms with Crippen molar-refractivity contribution in [1.29, 1.82) is 0 Å². The molecule has 0 heterocycles. The number of aromatic hydroxyl groups is 1. The normalized spacial score (nSPS) is 11.3. The Hall–Kier alpha value is -1.51. The van der Waals surface area contributed by atoms with Gasteiger partial charge < -0.3 is 10.4 Å². The van der Waals surface area contributed by atoms with E-state index in [1.165, 1.54) is 6.92 Å². The van der Waals surface area contributed by atoms with Crippen LogP contribution in [0.1, 0.15) is 38.8 Å². The maximum absolute atomic E-state index is 11.0. The largest absolute Gasteiger partial charge is 0.508 e. The molecular formula is C13H19NO2. The molecule has 0 radical (unpaired) electrons. The maximum Gasteiger partial charge on any atom is 0.221 e. The molecular weight excluding hydrogens is 202 g/mol. The summed E-state index contributed by atoms with van der Waals surface area (Å²) in [5, 5.41) is 12.6. The first kappa shape index (κ1) is 12.6. The van der Waals surface area contributed by atoms with Gasteiger partial charge in [-0.1, -0.05) is 20.8 Å². The van der Waals surface area contributed by atoms with Crippen molar-refractivity contribution in [1.82, 2.24) is 0 Å². The summed E-state index contributed by atoms with van der Waals surface area (Å²) in [6.07, 6.45) is 0. The zero-order valence-corrected chi connectivity index (χ0v) is 10.5. The standard InChI is InChI=1S/C13H19NO2/c1-8-6-12(16)10(13(3,4)5)7-11(8)14-9(2)15/h6-7,16H,1-5H3,(H,14,15). The number of aryl methyl sites for hydroxylation is 1. The highest BCUT2D eigenvalue weighted by Crippen LogP contribution is 2.34. The van der Waals surface area contributed by atoms with Crippen molar-refractivity contribution >= 4 is 11.6 Å². The molecule has 0 aliphatic carbocycles. The van der Waals surface area contributed by atoms with Crippen LogP contribution in [0.3, 0.4) is 0 Å². The first-order valence-corrected chi connectivity index (χ1v) is 5.33. The summed E-state index contributed by atoms with van der Waals surface area (Å²) < 4.78 is 0. The highest BCUT2D eigenvalue weighted by molar-refractivity contribution is 5.89. The molecule has 1 aromatic carbocycles. The van der Waals surface area contributed by atoms with Crippen molar-refractivity contribution in [3.05, 3.63) is 23.3 Å². The number of amides is 1. The topological polar surface area (TPSA) is 49.3 Å². The van der Waals surface area contributed by atoms with Crippen molar-refractivity contribution in [2.45, 2.75) is 40.0 Å². The van der Waals surface area contributed by atoms with Gasteiger partial charge in [0.15, 0.2) is 0 Å². The van der Waals surface area contributed by atoms with Crippen LogP contribution in [0.5, 0.6) is 5.75 Å². The van der Waals surface area contributed by atoms with E-state index in [1.807, 2.05) is 33.8 Å². The Morgan fingerprint density at radius 2 is 1.88 bits per heavy atom. The molecule has 0 atom stereocenters. The lowest BCUT2D eigenvalue weighted by molar-refractivity contribution is -0.114. The van der Waals surface area contributed by atoms with Gasteiger partial charge >= 0.3 is 0 Å². The number of hydrogen-bond donors (Lipinski definition) is 2. The molecule has 16 heavy (non-hydrogen) atoms. The van der Waals surface area contributed by atoms with Gasteiger partial charge in [-0.2, -0.15) is 0 Å². The number of hydrogen-bond acceptors (Lipinski definition) is 2. The van der Waals surface area contributed by atoms with Gasteiger partial charge in [-0.25, -0.2) is 0 Å². The second-order valence-corrected chi connectivity index (χ2v) is 5.12. The lowest BCUT2D eigenvalue weighted by Crippen LogP contribution is -2.14. The Bertz CT molecular complexity index is 417.